The highest BCUT2D eigenvalue weighted by atomic mass is 19.1. The molecule has 0 aromatic heterocycles. The summed E-state index contributed by atoms with van der Waals surface area (Å²) >= 11 is 0. The maximum Gasteiger partial charge on any atom is 0.187 e. The number of aromatic hydroxyl groups is 1. The molecule has 1 N–H and O–H groups in total. The van der Waals surface area contributed by atoms with Crippen LogP contribution in [0, 0.1) is 11.6 Å². The molecule has 100 valence electrons. The summed E-state index contributed by atoms with van der Waals surface area (Å²) in [5, 5.41) is 9.03. The van der Waals surface area contributed by atoms with E-state index < -0.39 is 17.4 Å². The smallest absolute Gasteiger partial charge is 0.187 e. The van der Waals surface area contributed by atoms with Crippen LogP contribution in [0.4, 0.5) is 8.78 Å². The molecule has 1 aromatic rings. The van der Waals surface area contributed by atoms with E-state index in [2.05, 4.69) is 16.7 Å². The van der Waals surface area contributed by atoms with E-state index >= 15 is 0 Å². The van der Waals surface area contributed by atoms with Gasteiger partial charge in [0.2, 0.25) is 0 Å². The molecule has 0 bridgehead atoms. The van der Waals surface area contributed by atoms with Crippen LogP contribution in [0.25, 0.3) is 0 Å². The Hall–Kier alpha value is -1.20. The number of likely N-dealkylation sites (N-methyl/N-ethyl adjacent to an activating group) is 1. The Bertz CT molecular complexity index is 394. The first-order valence-corrected chi connectivity index (χ1v) is 6.21. The fraction of sp³-hybridized carbons (Fsp3) is 0.538. The number of phenolic OH excluding ortho intramolecular Hbond substituents is 1. The van der Waals surface area contributed by atoms with Crippen LogP contribution < -0.4 is 0 Å². The number of benzene rings is 1. The molecule has 3 nitrogen and oxygen atoms in total. The fourth-order valence-corrected chi connectivity index (χ4v) is 2.23. The third-order valence-corrected chi connectivity index (χ3v) is 3.39. The summed E-state index contributed by atoms with van der Waals surface area (Å²) in [6, 6.07) is 2.40. The summed E-state index contributed by atoms with van der Waals surface area (Å²) in [4.78, 5) is 4.51. The standard InChI is InChI=1S/C13H18F2N2O/c1-2-16-3-5-17(6-4-16)9-10-7-11(14)13(18)12(15)8-10/h7-8,18H,2-6,9H2,1H3. The van der Waals surface area contributed by atoms with Gasteiger partial charge in [0.25, 0.3) is 0 Å². The summed E-state index contributed by atoms with van der Waals surface area (Å²) < 4.78 is 26.4. The van der Waals surface area contributed by atoms with Crippen molar-refractivity contribution in [3.05, 3.63) is 29.3 Å². The van der Waals surface area contributed by atoms with Crippen molar-refractivity contribution in [2.24, 2.45) is 0 Å². The van der Waals surface area contributed by atoms with E-state index in [-0.39, 0.29) is 0 Å². The lowest BCUT2D eigenvalue weighted by atomic mass is 10.1. The second-order valence-electron chi connectivity index (χ2n) is 4.62. The first kappa shape index (κ1) is 13.2. The highest BCUT2D eigenvalue weighted by Gasteiger charge is 2.17. The molecule has 0 radical (unpaired) electrons. The number of nitrogens with zero attached hydrogens (tertiary/aromatic N) is 2. The molecule has 0 atom stereocenters. The van der Waals surface area contributed by atoms with Gasteiger partial charge in [-0.3, -0.25) is 4.90 Å². The Kier molecular flexibility index (Phi) is 4.14. The predicted octanol–water partition coefficient (Wildman–Crippen LogP) is 1.81. The van der Waals surface area contributed by atoms with Crippen molar-refractivity contribution in [1.29, 1.82) is 0 Å². The number of rotatable bonds is 3. The van der Waals surface area contributed by atoms with Gasteiger partial charge >= 0.3 is 0 Å². The topological polar surface area (TPSA) is 26.7 Å². The Morgan fingerprint density at radius 1 is 1.06 bits per heavy atom. The molecule has 1 heterocycles. The molecular formula is C13H18F2N2O. The summed E-state index contributed by atoms with van der Waals surface area (Å²) in [5.41, 5.74) is 0.563. The Morgan fingerprint density at radius 2 is 1.56 bits per heavy atom. The van der Waals surface area contributed by atoms with Gasteiger partial charge in [0.1, 0.15) is 0 Å². The summed E-state index contributed by atoms with van der Waals surface area (Å²) in [5.74, 6) is -2.68. The molecule has 1 fully saturated rings. The van der Waals surface area contributed by atoms with E-state index in [0.29, 0.717) is 12.1 Å². The first-order valence-electron chi connectivity index (χ1n) is 6.21. The Morgan fingerprint density at radius 3 is 2.06 bits per heavy atom. The summed E-state index contributed by atoms with van der Waals surface area (Å²) in [6.07, 6.45) is 0. The van der Waals surface area contributed by atoms with E-state index in [0.717, 1.165) is 32.7 Å². The third kappa shape index (κ3) is 2.97. The van der Waals surface area contributed by atoms with Gasteiger partial charge in [-0.1, -0.05) is 6.92 Å². The van der Waals surface area contributed by atoms with Crippen LogP contribution in [-0.4, -0.2) is 47.6 Å². The van der Waals surface area contributed by atoms with Crippen molar-refractivity contribution in [2.75, 3.05) is 32.7 Å². The molecule has 5 heteroatoms. The van der Waals surface area contributed by atoms with Gasteiger partial charge in [0.05, 0.1) is 0 Å². The Labute approximate surface area is 106 Å². The second-order valence-corrected chi connectivity index (χ2v) is 4.62. The molecule has 0 aliphatic carbocycles. The predicted molar refractivity (Wildman–Crippen MR) is 65.4 cm³/mol. The first-order chi connectivity index (χ1) is 8.60. The van der Waals surface area contributed by atoms with Gasteiger partial charge in [-0.2, -0.15) is 0 Å². The van der Waals surface area contributed by atoms with Gasteiger partial charge < -0.3 is 10.0 Å². The number of hydrogen-bond donors (Lipinski definition) is 1. The quantitative estimate of drug-likeness (QED) is 0.893. The zero-order valence-electron chi connectivity index (χ0n) is 10.5. The maximum absolute atomic E-state index is 13.2. The maximum atomic E-state index is 13.2. The second kappa shape index (κ2) is 5.63. The van der Waals surface area contributed by atoms with Crippen molar-refractivity contribution in [2.45, 2.75) is 13.5 Å². The van der Waals surface area contributed by atoms with Crippen LogP contribution in [-0.2, 0) is 6.54 Å². The van der Waals surface area contributed by atoms with Gasteiger partial charge in [-0.25, -0.2) is 8.78 Å². The van der Waals surface area contributed by atoms with E-state index in [9.17, 15) is 8.78 Å². The monoisotopic (exact) mass is 256 g/mol. The number of hydrogen-bond acceptors (Lipinski definition) is 3. The molecule has 1 aliphatic heterocycles. The van der Waals surface area contributed by atoms with E-state index in [1.807, 2.05) is 0 Å². The lowest BCUT2D eigenvalue weighted by Gasteiger charge is -2.34. The molecule has 0 spiro atoms. The summed E-state index contributed by atoms with van der Waals surface area (Å²) in [6.45, 7) is 7.46. The Balaban J connectivity index is 1.98. The SMILES string of the molecule is CCN1CCN(Cc2cc(F)c(O)c(F)c2)CC1. The van der Waals surface area contributed by atoms with Crippen molar-refractivity contribution in [3.63, 3.8) is 0 Å². The van der Waals surface area contributed by atoms with Crippen molar-refractivity contribution in [1.82, 2.24) is 9.80 Å². The minimum absolute atomic E-state index is 0.520. The van der Waals surface area contributed by atoms with Gasteiger partial charge in [0, 0.05) is 32.7 Å². The average molecular weight is 256 g/mol. The normalized spacial score (nSPS) is 18.2. The van der Waals surface area contributed by atoms with Crippen LogP contribution >= 0.6 is 0 Å². The van der Waals surface area contributed by atoms with E-state index in [1.165, 1.54) is 12.1 Å². The van der Waals surface area contributed by atoms with Gasteiger partial charge in [-0.05, 0) is 24.2 Å². The molecule has 0 unspecified atom stereocenters. The van der Waals surface area contributed by atoms with Gasteiger partial charge in [0.15, 0.2) is 17.4 Å². The van der Waals surface area contributed by atoms with Crippen molar-refractivity contribution < 1.29 is 13.9 Å². The van der Waals surface area contributed by atoms with E-state index in [1.54, 1.807) is 0 Å². The van der Waals surface area contributed by atoms with Crippen LogP contribution in [0.1, 0.15) is 12.5 Å². The lowest BCUT2D eigenvalue weighted by Crippen LogP contribution is -2.45. The van der Waals surface area contributed by atoms with Gasteiger partial charge in [-0.15, -0.1) is 0 Å². The minimum atomic E-state index is -0.894. The van der Waals surface area contributed by atoms with Crippen molar-refractivity contribution >= 4 is 0 Å². The van der Waals surface area contributed by atoms with E-state index in [4.69, 9.17) is 5.11 Å². The molecular weight excluding hydrogens is 238 g/mol. The highest BCUT2D eigenvalue weighted by molar-refractivity contribution is 5.30. The molecule has 18 heavy (non-hydrogen) atoms. The molecule has 2 rings (SSSR count). The average Bonchev–Trinajstić information content (AvgIpc) is 2.37. The van der Waals surface area contributed by atoms with Crippen LogP contribution in [0.5, 0.6) is 5.75 Å². The molecule has 1 saturated heterocycles. The zero-order valence-corrected chi connectivity index (χ0v) is 10.5. The largest absolute Gasteiger partial charge is 0.503 e. The number of halogens is 2. The molecule has 1 aromatic carbocycles. The minimum Gasteiger partial charge on any atom is -0.503 e. The highest BCUT2D eigenvalue weighted by Crippen LogP contribution is 2.22. The lowest BCUT2D eigenvalue weighted by molar-refractivity contribution is 0.131. The van der Waals surface area contributed by atoms with Crippen LogP contribution in [0.2, 0.25) is 0 Å². The van der Waals surface area contributed by atoms with Crippen LogP contribution in [0.3, 0.4) is 0 Å². The zero-order chi connectivity index (χ0) is 13.1. The molecule has 0 saturated carbocycles. The number of phenols is 1. The molecule has 0 amide bonds. The molecule has 1 aliphatic rings. The summed E-state index contributed by atoms with van der Waals surface area (Å²) in [7, 11) is 0. The number of piperazine rings is 1. The third-order valence-electron chi connectivity index (χ3n) is 3.39. The van der Waals surface area contributed by atoms with Crippen LogP contribution in [0.15, 0.2) is 12.1 Å². The van der Waals surface area contributed by atoms with Crippen molar-refractivity contribution in [3.8, 4) is 5.75 Å². The fourth-order valence-electron chi connectivity index (χ4n) is 2.23.